The molecule has 1 amide bonds. The van der Waals surface area contributed by atoms with Crippen molar-refractivity contribution in [2.24, 2.45) is 0 Å². The van der Waals surface area contributed by atoms with Crippen LogP contribution in [0.15, 0.2) is 91.0 Å². The SMILES string of the molecule is COC(=O)CCCCCCCCO[C@@H]1O[C@H](CO)[C@@H](O)[C@H](NC[C@H]2[C@@H](OCc3ccccc3)[C@H](OCc3ccccc3)[C@@H](COCc3ccccc3)N2C)[C@H]1NC(C)=O. The number of carbonyl (C=O) groups excluding carboxylic acids is 2. The highest BCUT2D eigenvalue weighted by Gasteiger charge is 2.51. The summed E-state index contributed by atoms with van der Waals surface area (Å²) in [5, 5.41) is 28.5. The summed E-state index contributed by atoms with van der Waals surface area (Å²) in [6, 6.07) is 28.2. The van der Waals surface area contributed by atoms with Gasteiger partial charge in [-0.3, -0.25) is 14.5 Å². The van der Waals surface area contributed by atoms with Gasteiger partial charge in [-0.25, -0.2) is 0 Å². The number of amides is 1. The topological polar surface area (TPSA) is 157 Å². The zero-order valence-electron chi connectivity index (χ0n) is 34.9. The van der Waals surface area contributed by atoms with Crippen LogP contribution < -0.4 is 10.6 Å². The molecule has 13 nitrogen and oxygen atoms in total. The van der Waals surface area contributed by atoms with Crippen LogP contribution in [0.5, 0.6) is 0 Å². The first-order chi connectivity index (χ1) is 28.8. The van der Waals surface area contributed by atoms with E-state index in [1.807, 2.05) is 98.0 Å². The minimum atomic E-state index is -1.16. The number of rotatable bonds is 25. The molecule has 0 aromatic heterocycles. The van der Waals surface area contributed by atoms with Crippen LogP contribution in [0.2, 0.25) is 0 Å². The largest absolute Gasteiger partial charge is 0.469 e. The van der Waals surface area contributed by atoms with E-state index >= 15 is 0 Å². The van der Waals surface area contributed by atoms with Crippen molar-refractivity contribution >= 4 is 11.9 Å². The maximum Gasteiger partial charge on any atom is 0.305 e. The number of aliphatic hydroxyl groups is 2. The normalized spacial score (nSPS) is 25.8. The Bertz CT molecular complexity index is 1620. The molecule has 0 bridgehead atoms. The highest BCUT2D eigenvalue weighted by atomic mass is 16.7. The van der Waals surface area contributed by atoms with E-state index in [4.69, 9.17) is 28.4 Å². The standard InChI is InChI=1S/C46H65N3O10/c1-33(51)48-42-41(43(53)39(28-50)59-46(42)56-26-18-7-5-4-6-17-25-40(52)54-3)47-27-37-44(57-30-35-21-13-9-14-22-35)45(58-31-36-23-15-10-16-24-36)38(49(37)2)32-55-29-34-19-11-8-12-20-34/h8-16,19-24,37-39,41-47,50,53H,4-7,17-18,25-32H2,1-3H3,(H,48,51)/t37-,38+,39+,41+,42+,43+,44+,45+,46+/m0/s1. The Morgan fingerprint density at radius 3 is 1.83 bits per heavy atom. The van der Waals surface area contributed by atoms with Crippen molar-refractivity contribution in [2.75, 3.05) is 40.5 Å². The summed E-state index contributed by atoms with van der Waals surface area (Å²) in [4.78, 5) is 26.2. The van der Waals surface area contributed by atoms with E-state index in [-0.39, 0.29) is 30.1 Å². The van der Waals surface area contributed by atoms with Gasteiger partial charge in [0.15, 0.2) is 6.29 Å². The molecule has 0 saturated carbocycles. The maximum atomic E-state index is 12.6. The fraction of sp³-hybridized carbons (Fsp3) is 0.565. The van der Waals surface area contributed by atoms with Gasteiger partial charge in [0.1, 0.15) is 18.3 Å². The molecule has 9 atom stereocenters. The van der Waals surface area contributed by atoms with Crippen LogP contribution >= 0.6 is 0 Å². The molecule has 0 unspecified atom stereocenters. The first kappa shape index (κ1) is 46.3. The highest BCUT2D eigenvalue weighted by molar-refractivity contribution is 5.73. The van der Waals surface area contributed by atoms with Crippen LogP contribution in [-0.2, 0) is 57.8 Å². The van der Waals surface area contributed by atoms with E-state index < -0.39 is 43.3 Å². The van der Waals surface area contributed by atoms with Gasteiger partial charge >= 0.3 is 5.97 Å². The first-order valence-electron chi connectivity index (χ1n) is 21.1. The lowest BCUT2D eigenvalue weighted by atomic mass is 9.93. The predicted molar refractivity (Wildman–Crippen MR) is 223 cm³/mol. The summed E-state index contributed by atoms with van der Waals surface area (Å²) in [6.45, 7) is 3.29. The molecule has 2 heterocycles. The van der Waals surface area contributed by atoms with Gasteiger partial charge in [-0.15, -0.1) is 0 Å². The second kappa shape index (κ2) is 25.1. The second-order valence-electron chi connectivity index (χ2n) is 15.5. The van der Waals surface area contributed by atoms with Crippen molar-refractivity contribution in [2.45, 2.75) is 127 Å². The summed E-state index contributed by atoms with van der Waals surface area (Å²) in [5.41, 5.74) is 3.15. The van der Waals surface area contributed by atoms with Gasteiger partial charge in [-0.1, -0.05) is 117 Å². The Morgan fingerprint density at radius 2 is 1.27 bits per heavy atom. The van der Waals surface area contributed by atoms with Crippen LogP contribution in [0.4, 0.5) is 0 Å². The molecule has 4 N–H and O–H groups in total. The van der Waals surface area contributed by atoms with E-state index in [0.29, 0.717) is 46.0 Å². The number of aliphatic hydroxyl groups excluding tert-OH is 2. The van der Waals surface area contributed by atoms with E-state index in [9.17, 15) is 19.8 Å². The average molecular weight is 820 g/mol. The number of ether oxygens (including phenoxy) is 6. The van der Waals surface area contributed by atoms with Crippen molar-refractivity contribution in [1.29, 1.82) is 0 Å². The first-order valence-corrected chi connectivity index (χ1v) is 21.1. The zero-order valence-corrected chi connectivity index (χ0v) is 34.9. The maximum absolute atomic E-state index is 12.6. The lowest BCUT2D eigenvalue weighted by Gasteiger charge is -2.45. The molecule has 3 aromatic rings. The van der Waals surface area contributed by atoms with Crippen molar-refractivity contribution in [1.82, 2.24) is 15.5 Å². The van der Waals surface area contributed by atoms with Gasteiger partial charge < -0.3 is 49.3 Å². The summed E-state index contributed by atoms with van der Waals surface area (Å²) >= 11 is 0. The van der Waals surface area contributed by atoms with Gasteiger partial charge in [0.05, 0.1) is 70.4 Å². The van der Waals surface area contributed by atoms with Gasteiger partial charge in [0.25, 0.3) is 0 Å². The minimum absolute atomic E-state index is 0.185. The smallest absolute Gasteiger partial charge is 0.305 e. The van der Waals surface area contributed by atoms with E-state index in [1.165, 1.54) is 14.0 Å². The monoisotopic (exact) mass is 819 g/mol. The average Bonchev–Trinajstić information content (AvgIpc) is 3.50. The van der Waals surface area contributed by atoms with Gasteiger partial charge in [0, 0.05) is 26.5 Å². The quantitative estimate of drug-likeness (QED) is 0.0702. The number of hydrogen-bond donors (Lipinski definition) is 4. The molecule has 2 fully saturated rings. The Morgan fingerprint density at radius 1 is 0.729 bits per heavy atom. The Labute approximate surface area is 349 Å². The number of likely N-dealkylation sites (N-methyl/N-ethyl adjacent to an activating group) is 1. The highest BCUT2D eigenvalue weighted by Crippen LogP contribution is 2.32. The van der Waals surface area contributed by atoms with Gasteiger partial charge in [0.2, 0.25) is 5.91 Å². The molecule has 0 spiro atoms. The fourth-order valence-corrected chi connectivity index (χ4v) is 7.96. The van der Waals surface area contributed by atoms with Crippen molar-refractivity contribution in [3.63, 3.8) is 0 Å². The van der Waals surface area contributed by atoms with Crippen LogP contribution in [0.25, 0.3) is 0 Å². The summed E-state index contributed by atoms with van der Waals surface area (Å²) in [6.07, 6.45) is 2.05. The number of nitrogens with one attached hydrogen (secondary N) is 2. The summed E-state index contributed by atoms with van der Waals surface area (Å²) < 4.78 is 37.0. The number of nitrogens with zero attached hydrogens (tertiary/aromatic N) is 1. The summed E-state index contributed by atoms with van der Waals surface area (Å²) in [7, 11) is 3.45. The number of methoxy groups -OCH3 is 1. The number of benzene rings is 3. The molecule has 3 aromatic carbocycles. The third-order valence-electron chi connectivity index (χ3n) is 11.2. The number of esters is 1. The molecular formula is C46H65N3O10. The molecule has 59 heavy (non-hydrogen) atoms. The molecule has 2 aliphatic rings. The Balaban J connectivity index is 1.30. The Hall–Kier alpha value is -3.76. The zero-order chi connectivity index (χ0) is 41.8. The van der Waals surface area contributed by atoms with Crippen LogP contribution in [0.1, 0.15) is 68.6 Å². The van der Waals surface area contributed by atoms with Crippen molar-refractivity contribution in [3.05, 3.63) is 108 Å². The molecule has 0 aliphatic carbocycles. The third kappa shape index (κ3) is 14.4. The second-order valence-corrected chi connectivity index (χ2v) is 15.5. The number of carbonyl (C=O) groups is 2. The van der Waals surface area contributed by atoms with E-state index in [0.717, 1.165) is 55.2 Å². The molecule has 324 valence electrons. The van der Waals surface area contributed by atoms with Gasteiger partial charge in [-0.2, -0.15) is 0 Å². The molecule has 5 rings (SSSR count). The van der Waals surface area contributed by atoms with Crippen molar-refractivity contribution in [3.8, 4) is 0 Å². The third-order valence-corrected chi connectivity index (χ3v) is 11.2. The number of unbranched alkanes of at least 4 members (excludes halogenated alkanes) is 5. The lowest BCUT2D eigenvalue weighted by molar-refractivity contribution is -0.250. The molecule has 0 radical (unpaired) electrons. The number of likely N-dealkylation sites (tertiary alicyclic amines) is 1. The van der Waals surface area contributed by atoms with Gasteiger partial charge in [-0.05, 0) is 36.6 Å². The van der Waals surface area contributed by atoms with Crippen molar-refractivity contribution < 1.29 is 48.2 Å². The predicted octanol–water partition coefficient (Wildman–Crippen LogP) is 4.52. The van der Waals surface area contributed by atoms with Crippen LogP contribution in [0.3, 0.4) is 0 Å². The van der Waals surface area contributed by atoms with Crippen LogP contribution in [-0.4, -0.2) is 122 Å². The number of hydrogen-bond acceptors (Lipinski definition) is 12. The molecular weight excluding hydrogens is 755 g/mol. The Kier molecular flexibility index (Phi) is 19.7. The summed E-state index contributed by atoms with van der Waals surface area (Å²) in [5.74, 6) is -0.483. The molecule has 2 saturated heterocycles. The minimum Gasteiger partial charge on any atom is -0.469 e. The fourth-order valence-electron chi connectivity index (χ4n) is 7.96. The molecule has 13 heteroatoms. The van der Waals surface area contributed by atoms with E-state index in [2.05, 4.69) is 15.5 Å². The van der Waals surface area contributed by atoms with E-state index in [1.54, 1.807) is 0 Å². The lowest BCUT2D eigenvalue weighted by Crippen LogP contribution is -2.69. The molecule has 2 aliphatic heterocycles. The van der Waals surface area contributed by atoms with Crippen LogP contribution in [0, 0.1) is 0 Å².